The van der Waals surface area contributed by atoms with E-state index in [4.69, 9.17) is 42.6 Å². The van der Waals surface area contributed by atoms with Crippen molar-refractivity contribution < 1.29 is 82.2 Å². The molecule has 3 heterocycles. The Morgan fingerprint density at radius 2 is 1.00 bits per heavy atom. The molecule has 17 nitrogen and oxygen atoms in total. The number of hydrogen-bond donors (Lipinski definition) is 4. The van der Waals surface area contributed by atoms with Crippen LogP contribution in [0.4, 0.5) is 0 Å². The van der Waals surface area contributed by atoms with Crippen LogP contribution in [0.25, 0.3) is 0 Å². The Morgan fingerprint density at radius 3 is 1.43 bits per heavy atom. The average Bonchev–Trinajstić information content (AvgIpc) is 0.677. The van der Waals surface area contributed by atoms with Gasteiger partial charge in [0.1, 0.15) is 41.4 Å². The molecule has 0 aromatic heterocycles. The Bertz CT molecular complexity index is 3230. The van der Waals surface area contributed by atoms with Crippen LogP contribution in [0, 0.1) is 57.2 Å². The third-order valence-corrected chi connectivity index (χ3v) is 23.6. The molecule has 1 unspecified atom stereocenters. The monoisotopic (exact) mass is 1200 g/mol. The molecule has 3 aromatic rings. The van der Waals surface area contributed by atoms with E-state index in [2.05, 4.69) is 27.7 Å². The molecule has 0 amide bonds. The topological polar surface area (TPSA) is 232 Å². The fourth-order valence-corrected chi connectivity index (χ4v) is 19.0. The predicted molar refractivity (Wildman–Crippen MR) is 318 cm³/mol. The fourth-order valence-electron chi connectivity index (χ4n) is 19.0. The van der Waals surface area contributed by atoms with Crippen LogP contribution in [-0.2, 0) is 47.5 Å². The van der Waals surface area contributed by atoms with Gasteiger partial charge in [-0.05, 0) is 74.9 Å². The van der Waals surface area contributed by atoms with Crippen molar-refractivity contribution >= 4 is 23.9 Å². The number of fused-ring (bicyclic) bond motifs is 9. The minimum Gasteiger partial charge on any atom is -0.497 e. The van der Waals surface area contributed by atoms with Gasteiger partial charge in [-0.15, -0.1) is 0 Å². The Kier molecular flexibility index (Phi) is 15.9. The lowest BCUT2D eigenvalue weighted by Gasteiger charge is -2.71. The second kappa shape index (κ2) is 21.9. The summed E-state index contributed by atoms with van der Waals surface area (Å²) in [6.07, 6.45) is -6.11. The lowest BCUT2D eigenvalue weighted by Crippen LogP contribution is -2.82. The first kappa shape index (κ1) is 63.1. The van der Waals surface area contributed by atoms with Gasteiger partial charge < -0.3 is 63.1 Å². The Balaban J connectivity index is 0.000000184. The van der Waals surface area contributed by atoms with Gasteiger partial charge in [-0.3, -0.25) is 9.59 Å². The zero-order valence-electron chi connectivity index (χ0n) is 53.1. The molecule has 17 heteroatoms. The summed E-state index contributed by atoms with van der Waals surface area (Å²) in [4.78, 5) is 53.3. The van der Waals surface area contributed by atoms with Gasteiger partial charge in [-0.2, -0.15) is 0 Å². The molecule has 7 fully saturated rings. The van der Waals surface area contributed by atoms with Crippen LogP contribution in [0.1, 0.15) is 155 Å². The van der Waals surface area contributed by atoms with Crippen molar-refractivity contribution in [3.63, 3.8) is 0 Å². The molecule has 3 aromatic carbocycles. The van der Waals surface area contributed by atoms with E-state index in [0.29, 0.717) is 24.0 Å². The molecule has 12 rings (SSSR count). The van der Waals surface area contributed by atoms with Crippen LogP contribution in [-0.4, -0.2) is 136 Å². The Hall–Kier alpha value is -5.50. The first-order valence-corrected chi connectivity index (χ1v) is 31.1. The molecule has 0 radical (unpaired) electrons. The molecular weight excluding hydrogens is 1110 g/mol. The molecule has 472 valence electrons. The minimum absolute atomic E-state index is 0.0124. The summed E-state index contributed by atoms with van der Waals surface area (Å²) in [7, 11) is 1.63. The molecule has 6 aliphatic carbocycles. The van der Waals surface area contributed by atoms with E-state index in [1.807, 2.05) is 78.8 Å². The highest BCUT2D eigenvalue weighted by atomic mass is 16.7. The summed E-state index contributed by atoms with van der Waals surface area (Å²) in [5.41, 5.74) is -3.81. The lowest BCUT2D eigenvalue weighted by molar-refractivity contribution is -0.411. The molecule has 4 N–H and O–H groups in total. The van der Waals surface area contributed by atoms with Crippen LogP contribution in [0.3, 0.4) is 0 Å². The maximum atomic E-state index is 14.1. The zero-order chi connectivity index (χ0) is 63.1. The number of carbonyl (C=O) groups is 4. The lowest BCUT2D eigenvalue weighted by atomic mass is 9.42. The molecule has 9 aliphatic rings. The van der Waals surface area contributed by atoms with Crippen molar-refractivity contribution in [2.24, 2.45) is 57.2 Å². The number of aliphatic hydroxyl groups excluding tert-OH is 2. The molecule has 3 saturated heterocycles. The van der Waals surface area contributed by atoms with Gasteiger partial charge in [0.15, 0.2) is 17.5 Å². The number of ether oxygens (including phenoxy) is 9. The Morgan fingerprint density at radius 1 is 0.563 bits per heavy atom. The molecule has 87 heavy (non-hydrogen) atoms. The first-order chi connectivity index (χ1) is 40.8. The number of methoxy groups -OCH3 is 1. The summed E-state index contributed by atoms with van der Waals surface area (Å²) in [5.74, 6) is -3.85. The van der Waals surface area contributed by atoms with Crippen molar-refractivity contribution in [2.45, 2.75) is 200 Å². The number of allylic oxidation sites excluding steroid dienone is 2. The predicted octanol–water partition coefficient (Wildman–Crippen LogP) is 9.62. The first-order valence-electron chi connectivity index (χ1n) is 31.1. The number of rotatable bonds is 8. The number of carbonyl (C=O) groups excluding carboxylic acids is 4. The maximum absolute atomic E-state index is 14.1. The van der Waals surface area contributed by atoms with Gasteiger partial charge in [-0.1, -0.05) is 140 Å². The fraction of sp³-hybridized carbons (Fsp3) is 0.629. The van der Waals surface area contributed by atoms with E-state index < -0.39 is 141 Å². The maximum Gasteiger partial charge on any atom is 0.338 e. The zero-order valence-corrected chi connectivity index (χ0v) is 53.1. The summed E-state index contributed by atoms with van der Waals surface area (Å²) < 4.78 is 57.0. The molecule has 3 aliphatic heterocycles. The number of benzene rings is 3. The van der Waals surface area contributed by atoms with E-state index in [-0.39, 0.29) is 43.8 Å². The van der Waals surface area contributed by atoms with E-state index in [1.54, 1.807) is 68.6 Å². The molecule has 21 atom stereocenters. The average molecular weight is 1200 g/mol. The van der Waals surface area contributed by atoms with E-state index in [9.17, 15) is 39.6 Å². The normalized spacial score (nSPS) is 42.6. The second-order valence-electron chi connectivity index (χ2n) is 28.6. The van der Waals surface area contributed by atoms with Crippen molar-refractivity contribution in [3.8, 4) is 5.75 Å². The van der Waals surface area contributed by atoms with Crippen LogP contribution < -0.4 is 4.74 Å². The summed E-state index contributed by atoms with van der Waals surface area (Å²) >= 11 is 0. The van der Waals surface area contributed by atoms with Crippen molar-refractivity contribution in [1.82, 2.24) is 0 Å². The van der Waals surface area contributed by atoms with Gasteiger partial charge >= 0.3 is 23.9 Å². The van der Waals surface area contributed by atoms with E-state index >= 15 is 0 Å². The molecule has 4 saturated carbocycles. The quantitative estimate of drug-likeness (QED) is 0.0934. The van der Waals surface area contributed by atoms with E-state index in [1.165, 1.54) is 19.4 Å². The SMILES string of the molecule is CC(=O)O[C@@]12CO[C@@H]1C[C@H](O)[C@]1(C)[C@@H]2[C@H](OC(=O)c2ccccc2)[C@]2(O)C[C@H](C)C(C)=C([C@@H](C)[C@@H]1O)C2(C)C.COc1ccc(C2O[C@H]3C[C@H]4OC[C@@]4(OC(C)=O)[C@H]4[C@H](OC(=O)c5ccccc5)[C@]5(O)C[C@H](C)C(C)=C([C@@H](C)[C@H](O2)[C@]34C)C5(C)C)cc1. The van der Waals surface area contributed by atoms with Gasteiger partial charge in [0.05, 0.1) is 67.7 Å². The molecular formula is C70H90O17. The van der Waals surface area contributed by atoms with Gasteiger partial charge in [0.2, 0.25) is 0 Å². The van der Waals surface area contributed by atoms with Gasteiger partial charge in [-0.25, -0.2) is 9.59 Å². The largest absolute Gasteiger partial charge is 0.497 e. The highest BCUT2D eigenvalue weighted by Crippen LogP contribution is 2.70. The minimum atomic E-state index is -1.61. The molecule has 4 bridgehead atoms. The van der Waals surface area contributed by atoms with Crippen LogP contribution in [0.5, 0.6) is 5.75 Å². The van der Waals surface area contributed by atoms with E-state index in [0.717, 1.165) is 28.0 Å². The van der Waals surface area contributed by atoms with Crippen LogP contribution >= 0.6 is 0 Å². The second-order valence-corrected chi connectivity index (χ2v) is 28.6. The number of aliphatic hydroxyl groups is 4. The number of hydrogen-bond acceptors (Lipinski definition) is 17. The highest BCUT2D eigenvalue weighted by Gasteiger charge is 2.80. The highest BCUT2D eigenvalue weighted by molar-refractivity contribution is 5.90. The van der Waals surface area contributed by atoms with Gasteiger partial charge in [0, 0.05) is 65.7 Å². The van der Waals surface area contributed by atoms with Crippen LogP contribution in [0.15, 0.2) is 107 Å². The summed E-state index contributed by atoms with van der Waals surface area (Å²) in [5, 5.41) is 50.2. The van der Waals surface area contributed by atoms with Crippen LogP contribution in [0.2, 0.25) is 0 Å². The molecule has 0 spiro atoms. The summed E-state index contributed by atoms with van der Waals surface area (Å²) in [6, 6.07) is 25.0. The van der Waals surface area contributed by atoms with Gasteiger partial charge in [0.25, 0.3) is 0 Å². The van der Waals surface area contributed by atoms with Crippen molar-refractivity contribution in [2.75, 3.05) is 20.3 Å². The third kappa shape index (κ3) is 9.18. The number of esters is 4. The standard InChI is InChI=1S/C39H48O9.C31H42O8/c1-21-19-39(42)33(46-34(41)25-12-10-9-11-13-25)31-37(7)28(18-29-38(31,20-44-29)48-24(4)40)45-35(26-14-16-27(43-8)17-15-26)47-32(37)23(3)30(22(21)2)36(39,5)6;1-16-14-31(36)26(38-27(35)20-11-9-8-10-12-20)24-29(7,25(34)18(3)23(17(16)2)28(31,5)6)21(33)13-22-30(24,15-37-22)39-19(4)32/h9-17,21,23,28-29,31-33,35,42H,18-20H2,1-8H3;8-12,16,18,21-22,24-26,33-34,36H,13-15H2,1-7H3/t21-,23+,28-,29+,31-,32-,33-,35?,37+,38-,39+;16-,18+,21-,22+,24-,25-,26-,29+,30-,31+/m00/s1. The Labute approximate surface area is 511 Å². The third-order valence-electron chi connectivity index (χ3n) is 23.6. The summed E-state index contributed by atoms with van der Waals surface area (Å²) in [6.45, 7) is 27.1. The van der Waals surface area contributed by atoms with Crippen molar-refractivity contribution in [3.05, 3.63) is 124 Å². The smallest absolute Gasteiger partial charge is 0.338 e. The van der Waals surface area contributed by atoms with Crippen molar-refractivity contribution in [1.29, 1.82) is 0 Å².